The van der Waals surface area contributed by atoms with Gasteiger partial charge in [0.05, 0.1) is 6.42 Å². The van der Waals surface area contributed by atoms with Crippen LogP contribution in [0.15, 0.2) is 24.3 Å². The van der Waals surface area contributed by atoms with Gasteiger partial charge in [0.25, 0.3) is 5.91 Å². The lowest BCUT2D eigenvalue weighted by Gasteiger charge is -2.18. The van der Waals surface area contributed by atoms with E-state index >= 15 is 0 Å². The fourth-order valence-electron chi connectivity index (χ4n) is 1.72. The molecule has 0 aliphatic carbocycles. The summed E-state index contributed by atoms with van der Waals surface area (Å²) >= 11 is 0. The molecule has 0 aliphatic rings. The minimum Gasteiger partial charge on any atom is -0.481 e. The molecular formula is C14H20N2O3. The number of hydrogen-bond donors (Lipinski definition) is 2. The maximum atomic E-state index is 11.7. The average molecular weight is 264 g/mol. The highest BCUT2D eigenvalue weighted by Crippen LogP contribution is 2.13. The Morgan fingerprint density at radius 3 is 2.42 bits per heavy atom. The number of carboxylic acids is 1. The zero-order valence-corrected chi connectivity index (χ0v) is 11.3. The Hall–Kier alpha value is -2.04. The van der Waals surface area contributed by atoms with Gasteiger partial charge in [-0.1, -0.05) is 6.92 Å². The van der Waals surface area contributed by atoms with E-state index in [4.69, 9.17) is 5.11 Å². The van der Waals surface area contributed by atoms with Crippen molar-refractivity contribution in [2.75, 3.05) is 25.0 Å². The molecule has 2 N–H and O–H groups in total. The van der Waals surface area contributed by atoms with Gasteiger partial charge in [0.2, 0.25) is 0 Å². The molecule has 0 bridgehead atoms. The molecule has 1 rings (SSSR count). The number of amides is 1. The van der Waals surface area contributed by atoms with E-state index in [1.807, 2.05) is 19.2 Å². The molecular weight excluding hydrogens is 244 g/mol. The van der Waals surface area contributed by atoms with E-state index < -0.39 is 5.97 Å². The van der Waals surface area contributed by atoms with Crippen LogP contribution in [0.1, 0.15) is 30.1 Å². The Balaban J connectivity index is 2.55. The average Bonchev–Trinajstić information content (AvgIpc) is 2.38. The smallest absolute Gasteiger partial charge is 0.305 e. The van der Waals surface area contributed by atoms with Gasteiger partial charge in [-0.15, -0.1) is 0 Å². The largest absolute Gasteiger partial charge is 0.481 e. The third-order valence-corrected chi connectivity index (χ3v) is 2.75. The predicted molar refractivity (Wildman–Crippen MR) is 74.6 cm³/mol. The first kappa shape index (κ1) is 15.0. The van der Waals surface area contributed by atoms with E-state index in [0.29, 0.717) is 5.56 Å². The monoisotopic (exact) mass is 264 g/mol. The maximum Gasteiger partial charge on any atom is 0.305 e. The summed E-state index contributed by atoms with van der Waals surface area (Å²) in [6.07, 6.45) is 0.997. The molecule has 0 radical (unpaired) electrons. The second kappa shape index (κ2) is 7.41. The van der Waals surface area contributed by atoms with Crippen molar-refractivity contribution in [2.24, 2.45) is 0 Å². The highest BCUT2D eigenvalue weighted by molar-refractivity contribution is 5.94. The summed E-state index contributed by atoms with van der Waals surface area (Å²) in [5, 5.41) is 11.1. The van der Waals surface area contributed by atoms with Crippen molar-refractivity contribution in [3.05, 3.63) is 29.8 Å². The molecule has 0 atom stereocenters. The number of carbonyl (C=O) groups excluding carboxylic acids is 1. The van der Waals surface area contributed by atoms with Crippen LogP contribution in [-0.2, 0) is 4.79 Å². The van der Waals surface area contributed by atoms with E-state index in [1.165, 1.54) is 0 Å². The summed E-state index contributed by atoms with van der Waals surface area (Å²) in [4.78, 5) is 24.2. The Kier molecular flexibility index (Phi) is 5.85. The molecule has 0 fully saturated rings. The standard InChI is InChI=1S/C14H20N2O3/c1-3-10-16(2)12-6-4-11(5-7-12)14(19)15-9-8-13(17)18/h4-7H,3,8-10H2,1-2H3,(H,15,19)(H,17,18). The van der Waals surface area contributed by atoms with Gasteiger partial charge in [-0.25, -0.2) is 0 Å². The summed E-state index contributed by atoms with van der Waals surface area (Å²) in [5.41, 5.74) is 1.60. The number of benzene rings is 1. The van der Waals surface area contributed by atoms with Crippen LogP contribution in [0.3, 0.4) is 0 Å². The van der Waals surface area contributed by atoms with E-state index in [0.717, 1.165) is 18.7 Å². The van der Waals surface area contributed by atoms with Gasteiger partial charge >= 0.3 is 5.97 Å². The molecule has 19 heavy (non-hydrogen) atoms. The van der Waals surface area contributed by atoms with Gasteiger partial charge in [-0.2, -0.15) is 0 Å². The molecule has 0 saturated carbocycles. The van der Waals surface area contributed by atoms with E-state index in [9.17, 15) is 9.59 Å². The highest BCUT2D eigenvalue weighted by atomic mass is 16.4. The SMILES string of the molecule is CCCN(C)c1ccc(C(=O)NCCC(=O)O)cc1. The lowest BCUT2D eigenvalue weighted by molar-refractivity contribution is -0.136. The van der Waals surface area contributed by atoms with Gasteiger partial charge in [-0.05, 0) is 30.7 Å². The third-order valence-electron chi connectivity index (χ3n) is 2.75. The lowest BCUT2D eigenvalue weighted by Crippen LogP contribution is -2.26. The molecule has 0 saturated heterocycles. The molecule has 5 heteroatoms. The summed E-state index contributed by atoms with van der Waals surface area (Å²) < 4.78 is 0. The van der Waals surface area contributed by atoms with Crippen LogP contribution >= 0.6 is 0 Å². The Labute approximate surface area is 113 Å². The van der Waals surface area contributed by atoms with Crippen molar-refractivity contribution in [3.8, 4) is 0 Å². The molecule has 104 valence electrons. The summed E-state index contributed by atoms with van der Waals surface area (Å²) in [6.45, 7) is 3.22. The predicted octanol–water partition coefficient (Wildman–Crippen LogP) is 1.74. The Bertz CT molecular complexity index is 429. The molecule has 0 aliphatic heterocycles. The number of carbonyl (C=O) groups is 2. The van der Waals surface area contributed by atoms with Gasteiger partial charge in [0, 0.05) is 31.4 Å². The lowest BCUT2D eigenvalue weighted by atomic mass is 10.2. The fraction of sp³-hybridized carbons (Fsp3) is 0.429. The fourth-order valence-corrected chi connectivity index (χ4v) is 1.72. The second-order valence-corrected chi connectivity index (χ2v) is 4.37. The van der Waals surface area contributed by atoms with Gasteiger partial charge in [-0.3, -0.25) is 9.59 Å². The van der Waals surface area contributed by atoms with E-state index in [2.05, 4.69) is 17.1 Å². The van der Waals surface area contributed by atoms with Crippen molar-refractivity contribution in [2.45, 2.75) is 19.8 Å². The summed E-state index contributed by atoms with van der Waals surface area (Å²) in [6, 6.07) is 7.28. The van der Waals surface area contributed by atoms with Crippen molar-refractivity contribution >= 4 is 17.6 Å². The first-order valence-corrected chi connectivity index (χ1v) is 6.35. The number of nitrogens with one attached hydrogen (secondary N) is 1. The number of anilines is 1. The molecule has 5 nitrogen and oxygen atoms in total. The minimum absolute atomic E-state index is 0.0664. The van der Waals surface area contributed by atoms with Gasteiger partial charge < -0.3 is 15.3 Å². The third kappa shape index (κ3) is 4.99. The minimum atomic E-state index is -0.920. The first-order chi connectivity index (χ1) is 9.04. The highest BCUT2D eigenvalue weighted by Gasteiger charge is 2.07. The van der Waals surface area contributed by atoms with Crippen molar-refractivity contribution in [3.63, 3.8) is 0 Å². The molecule has 1 amide bonds. The van der Waals surface area contributed by atoms with E-state index in [-0.39, 0.29) is 18.9 Å². The number of carboxylic acid groups (broad SMARTS) is 1. The van der Waals surface area contributed by atoms with Crippen LogP contribution < -0.4 is 10.2 Å². The quantitative estimate of drug-likeness (QED) is 0.787. The normalized spacial score (nSPS) is 10.0. The van der Waals surface area contributed by atoms with Crippen molar-refractivity contribution in [1.82, 2.24) is 5.32 Å². The van der Waals surface area contributed by atoms with Crippen LogP contribution in [0.4, 0.5) is 5.69 Å². The van der Waals surface area contributed by atoms with Crippen LogP contribution in [0, 0.1) is 0 Å². The first-order valence-electron chi connectivity index (χ1n) is 6.35. The van der Waals surface area contributed by atoms with Gasteiger partial charge in [0.15, 0.2) is 0 Å². The summed E-state index contributed by atoms with van der Waals surface area (Å²) in [5.74, 6) is -1.16. The van der Waals surface area contributed by atoms with Crippen LogP contribution in [0.25, 0.3) is 0 Å². The number of aliphatic carboxylic acids is 1. The number of nitrogens with zero attached hydrogens (tertiary/aromatic N) is 1. The van der Waals surface area contributed by atoms with Crippen molar-refractivity contribution in [1.29, 1.82) is 0 Å². The second-order valence-electron chi connectivity index (χ2n) is 4.37. The van der Waals surface area contributed by atoms with Crippen LogP contribution in [0.2, 0.25) is 0 Å². The molecule has 0 spiro atoms. The molecule has 1 aromatic carbocycles. The van der Waals surface area contributed by atoms with Crippen LogP contribution in [-0.4, -0.2) is 37.1 Å². The maximum absolute atomic E-state index is 11.7. The Morgan fingerprint density at radius 1 is 1.26 bits per heavy atom. The number of rotatable bonds is 7. The van der Waals surface area contributed by atoms with E-state index in [1.54, 1.807) is 12.1 Å². The molecule has 1 aromatic rings. The van der Waals surface area contributed by atoms with Gasteiger partial charge in [0.1, 0.15) is 0 Å². The Morgan fingerprint density at radius 2 is 1.89 bits per heavy atom. The topological polar surface area (TPSA) is 69.6 Å². The molecule has 0 heterocycles. The number of hydrogen-bond acceptors (Lipinski definition) is 3. The molecule has 0 unspecified atom stereocenters. The zero-order chi connectivity index (χ0) is 14.3. The zero-order valence-electron chi connectivity index (χ0n) is 11.3. The van der Waals surface area contributed by atoms with Crippen LogP contribution in [0.5, 0.6) is 0 Å². The molecule has 0 aromatic heterocycles. The summed E-state index contributed by atoms with van der Waals surface area (Å²) in [7, 11) is 2.01. The van der Waals surface area contributed by atoms with Crippen molar-refractivity contribution < 1.29 is 14.7 Å².